The highest BCUT2D eigenvalue weighted by atomic mass is 35.5. The van der Waals surface area contributed by atoms with Gasteiger partial charge in [-0.25, -0.2) is 9.98 Å². The predicted molar refractivity (Wildman–Crippen MR) is 129 cm³/mol. The normalized spacial score (nSPS) is 11.9. The number of benzene rings is 3. The number of thiazole rings is 1. The van der Waals surface area contributed by atoms with Crippen LogP contribution in [0.3, 0.4) is 0 Å². The van der Waals surface area contributed by atoms with Crippen LogP contribution in [0.1, 0.15) is 6.92 Å². The highest BCUT2D eigenvalue weighted by Crippen LogP contribution is 2.31. The lowest BCUT2D eigenvalue weighted by Crippen LogP contribution is -2.04. The van der Waals surface area contributed by atoms with E-state index in [1.807, 2.05) is 43.3 Å². The number of nitro benzene ring substituents is 1. The smallest absolute Gasteiger partial charge is 0.270 e. The van der Waals surface area contributed by atoms with Crippen molar-refractivity contribution in [1.82, 2.24) is 4.98 Å². The van der Waals surface area contributed by atoms with Gasteiger partial charge in [0.1, 0.15) is 17.1 Å². The van der Waals surface area contributed by atoms with E-state index in [4.69, 9.17) is 25.7 Å². The predicted octanol–water partition coefficient (Wildman–Crippen LogP) is 6.90. The van der Waals surface area contributed by atoms with E-state index in [0.717, 1.165) is 10.9 Å². The minimum Gasteiger partial charge on any atom is -0.494 e. The maximum absolute atomic E-state index is 11.1. The Morgan fingerprint density at radius 2 is 1.94 bits per heavy atom. The average Bonchev–Trinajstić information content (AvgIpc) is 3.21. The van der Waals surface area contributed by atoms with Crippen molar-refractivity contribution in [3.05, 3.63) is 87.2 Å². The second kappa shape index (κ2) is 8.65. The summed E-state index contributed by atoms with van der Waals surface area (Å²) in [5.41, 5.74) is 2.17. The third-order valence-electron chi connectivity index (χ3n) is 4.94. The van der Waals surface area contributed by atoms with E-state index in [2.05, 4.69) is 4.98 Å². The molecule has 0 amide bonds. The van der Waals surface area contributed by atoms with Crippen molar-refractivity contribution in [2.75, 3.05) is 6.61 Å². The molecular formula is C24H16ClN3O4S. The van der Waals surface area contributed by atoms with E-state index in [1.165, 1.54) is 23.5 Å². The van der Waals surface area contributed by atoms with Gasteiger partial charge in [0, 0.05) is 34.2 Å². The number of hydrogen-bond donors (Lipinski definition) is 0. The van der Waals surface area contributed by atoms with Gasteiger partial charge in [-0.2, -0.15) is 0 Å². The summed E-state index contributed by atoms with van der Waals surface area (Å²) in [6, 6.07) is 19.4. The van der Waals surface area contributed by atoms with Crippen molar-refractivity contribution in [1.29, 1.82) is 0 Å². The highest BCUT2D eigenvalue weighted by molar-refractivity contribution is 7.21. The fourth-order valence-electron chi connectivity index (χ4n) is 3.42. The molecule has 5 aromatic rings. The molecule has 7 nitrogen and oxygen atoms in total. The molecule has 9 heteroatoms. The molecule has 0 saturated carbocycles. The van der Waals surface area contributed by atoms with Gasteiger partial charge in [-0.05, 0) is 55.5 Å². The van der Waals surface area contributed by atoms with Crippen LogP contribution < -0.4 is 10.1 Å². The standard InChI is InChI=1S/C24H16ClN3O4S/c1-2-31-17-8-10-21-18(12-17)20(13-22(32-21)14-3-5-15(25)6-4-14)27-24-26-19-9-7-16(28(29)30)11-23(19)33-24/h3-13H,2H2,1H3/b27-20+. The monoisotopic (exact) mass is 477 g/mol. The van der Waals surface area contributed by atoms with Gasteiger partial charge in [-0.15, -0.1) is 0 Å². The molecule has 0 aliphatic rings. The molecule has 0 saturated heterocycles. The van der Waals surface area contributed by atoms with Crippen molar-refractivity contribution in [3.8, 4) is 17.1 Å². The van der Waals surface area contributed by atoms with Gasteiger partial charge in [-0.1, -0.05) is 22.9 Å². The van der Waals surface area contributed by atoms with Crippen LogP contribution in [0.5, 0.6) is 5.75 Å². The third kappa shape index (κ3) is 4.30. The molecule has 0 fully saturated rings. The maximum atomic E-state index is 11.1. The molecule has 0 bridgehead atoms. The van der Waals surface area contributed by atoms with Gasteiger partial charge in [-0.3, -0.25) is 10.1 Å². The molecule has 0 radical (unpaired) electrons. The summed E-state index contributed by atoms with van der Waals surface area (Å²) in [6.07, 6.45) is 0. The molecule has 2 aromatic heterocycles. The molecule has 5 rings (SSSR count). The van der Waals surface area contributed by atoms with Gasteiger partial charge in [0.05, 0.1) is 27.1 Å². The largest absolute Gasteiger partial charge is 0.494 e. The fraction of sp³-hybridized carbons (Fsp3) is 0.0833. The molecule has 33 heavy (non-hydrogen) atoms. The van der Waals surface area contributed by atoms with E-state index >= 15 is 0 Å². The Bertz CT molecular complexity index is 1580. The van der Waals surface area contributed by atoms with Crippen molar-refractivity contribution in [3.63, 3.8) is 0 Å². The number of halogens is 1. The Kier molecular flexibility index (Phi) is 5.53. The van der Waals surface area contributed by atoms with E-state index in [9.17, 15) is 10.1 Å². The fourth-order valence-corrected chi connectivity index (χ4v) is 4.43. The molecule has 0 aliphatic carbocycles. The van der Waals surface area contributed by atoms with E-state index in [1.54, 1.807) is 18.2 Å². The van der Waals surface area contributed by atoms with Crippen molar-refractivity contribution >= 4 is 54.9 Å². The SMILES string of the molecule is CCOc1ccc2oc(-c3ccc(Cl)cc3)c/c(=N\c3nc4ccc([N+](=O)[O-])cc4s3)c2c1. The van der Waals surface area contributed by atoms with Gasteiger partial charge >= 0.3 is 0 Å². The summed E-state index contributed by atoms with van der Waals surface area (Å²) in [5.74, 6) is 1.33. The summed E-state index contributed by atoms with van der Waals surface area (Å²) in [6.45, 7) is 2.46. The molecule has 164 valence electrons. The Morgan fingerprint density at radius 1 is 1.12 bits per heavy atom. The minimum atomic E-state index is -0.421. The van der Waals surface area contributed by atoms with Gasteiger partial charge < -0.3 is 9.15 Å². The quantitative estimate of drug-likeness (QED) is 0.203. The topological polar surface area (TPSA) is 90.8 Å². The van der Waals surface area contributed by atoms with E-state index in [-0.39, 0.29) is 5.69 Å². The van der Waals surface area contributed by atoms with E-state index < -0.39 is 4.92 Å². The Labute approximate surface area is 196 Å². The minimum absolute atomic E-state index is 0.0213. The number of non-ortho nitro benzene ring substituents is 1. The number of aromatic nitrogens is 1. The Balaban J connectivity index is 1.72. The molecule has 2 heterocycles. The number of nitro groups is 1. The summed E-state index contributed by atoms with van der Waals surface area (Å²) in [4.78, 5) is 20.0. The van der Waals surface area contributed by atoms with Crippen LogP contribution in [0.25, 0.3) is 32.5 Å². The molecule has 0 spiro atoms. The first-order valence-electron chi connectivity index (χ1n) is 10.1. The Morgan fingerprint density at radius 3 is 2.70 bits per heavy atom. The zero-order chi connectivity index (χ0) is 22.9. The van der Waals surface area contributed by atoms with Crippen molar-refractivity contribution in [2.24, 2.45) is 4.99 Å². The Hall–Kier alpha value is -3.75. The number of hydrogen-bond acceptors (Lipinski definition) is 7. The lowest BCUT2D eigenvalue weighted by atomic mass is 10.1. The van der Waals surface area contributed by atoms with Crippen LogP contribution in [-0.4, -0.2) is 16.5 Å². The van der Waals surface area contributed by atoms with Crippen LogP contribution in [0.2, 0.25) is 5.02 Å². The van der Waals surface area contributed by atoms with Crippen LogP contribution in [0, 0.1) is 10.1 Å². The molecular weight excluding hydrogens is 462 g/mol. The van der Waals surface area contributed by atoms with Gasteiger partial charge in [0.15, 0.2) is 0 Å². The van der Waals surface area contributed by atoms with Gasteiger partial charge in [0.25, 0.3) is 5.69 Å². The molecule has 3 aromatic carbocycles. The van der Waals surface area contributed by atoms with Crippen LogP contribution in [0.15, 0.2) is 76.1 Å². The summed E-state index contributed by atoms with van der Waals surface area (Å²) >= 11 is 7.33. The summed E-state index contributed by atoms with van der Waals surface area (Å²) < 4.78 is 12.5. The van der Waals surface area contributed by atoms with Gasteiger partial charge in [0.2, 0.25) is 5.13 Å². The molecule has 0 atom stereocenters. The third-order valence-corrected chi connectivity index (χ3v) is 6.11. The summed E-state index contributed by atoms with van der Waals surface area (Å²) in [7, 11) is 0. The first-order valence-corrected chi connectivity index (χ1v) is 11.3. The molecule has 0 aliphatic heterocycles. The molecule has 0 unspecified atom stereocenters. The van der Waals surface area contributed by atoms with Crippen LogP contribution in [-0.2, 0) is 0 Å². The first kappa shape index (κ1) is 21.1. The number of ether oxygens (including phenoxy) is 1. The van der Waals surface area contributed by atoms with Crippen LogP contribution in [0.4, 0.5) is 10.8 Å². The van der Waals surface area contributed by atoms with E-state index in [0.29, 0.717) is 49.4 Å². The number of nitrogens with zero attached hydrogens (tertiary/aromatic N) is 3. The summed E-state index contributed by atoms with van der Waals surface area (Å²) in [5, 5.41) is 13.6. The molecule has 0 N–H and O–H groups in total. The van der Waals surface area contributed by atoms with Crippen molar-refractivity contribution in [2.45, 2.75) is 6.92 Å². The number of fused-ring (bicyclic) bond motifs is 2. The van der Waals surface area contributed by atoms with Crippen LogP contribution >= 0.6 is 22.9 Å². The maximum Gasteiger partial charge on any atom is 0.270 e. The first-order chi connectivity index (χ1) is 16.0. The lowest BCUT2D eigenvalue weighted by Gasteiger charge is -2.07. The average molecular weight is 478 g/mol. The zero-order valence-corrected chi connectivity index (χ0v) is 18.9. The second-order valence-corrected chi connectivity index (χ2v) is 8.56. The number of rotatable bonds is 5. The zero-order valence-electron chi connectivity index (χ0n) is 17.3. The second-order valence-electron chi connectivity index (χ2n) is 7.11. The van der Waals surface area contributed by atoms with Crippen molar-refractivity contribution < 1.29 is 14.1 Å². The highest BCUT2D eigenvalue weighted by Gasteiger charge is 2.12. The lowest BCUT2D eigenvalue weighted by molar-refractivity contribution is -0.384.